The number of amides is 1. The number of allylic oxidation sites excluding steroid dienone is 1. The third-order valence-electron chi connectivity index (χ3n) is 11.0. The molecule has 2 N–H and O–H groups in total. The van der Waals surface area contributed by atoms with Crippen LogP contribution < -0.4 is 5.32 Å². The second-order valence-electron chi connectivity index (χ2n) is 16.4. The van der Waals surface area contributed by atoms with Gasteiger partial charge in [-0.3, -0.25) is 9.59 Å². The van der Waals surface area contributed by atoms with Crippen molar-refractivity contribution in [1.82, 2.24) is 5.32 Å². The highest BCUT2D eigenvalue weighted by Crippen LogP contribution is 2.16. The average molecular weight is 748 g/mol. The summed E-state index contributed by atoms with van der Waals surface area (Å²) in [6.45, 7) is 6.82. The zero-order valence-corrected chi connectivity index (χ0v) is 36.1. The summed E-state index contributed by atoms with van der Waals surface area (Å²) in [4.78, 5) is 25.5. The lowest BCUT2D eigenvalue weighted by atomic mass is 10.0. The lowest BCUT2D eigenvalue weighted by molar-refractivity contribution is -0.146. The molecule has 0 aromatic carbocycles. The van der Waals surface area contributed by atoms with Gasteiger partial charge in [-0.1, -0.05) is 238 Å². The van der Waals surface area contributed by atoms with Gasteiger partial charge < -0.3 is 15.2 Å². The Kier molecular flexibility index (Phi) is 42.3. The van der Waals surface area contributed by atoms with Crippen LogP contribution in [0, 0.1) is 0 Å². The third-order valence-corrected chi connectivity index (χ3v) is 11.0. The molecule has 0 aliphatic carbocycles. The van der Waals surface area contributed by atoms with Crippen molar-refractivity contribution < 1.29 is 19.4 Å². The van der Waals surface area contributed by atoms with Crippen LogP contribution in [-0.2, 0) is 14.3 Å². The first-order valence-electron chi connectivity index (χ1n) is 23.8. The van der Waals surface area contributed by atoms with Gasteiger partial charge in [-0.05, 0) is 25.7 Å². The number of rotatable bonds is 43. The maximum Gasteiger partial charge on any atom is 0.305 e. The SMILES string of the molecule is CCCCCCCCCCCCC/C=C/[C@@H](O)[C@H](COC(=O)CCCCCCCCCCCCC)NC(=O)CCCCCCCCCCCCCCC. The summed E-state index contributed by atoms with van der Waals surface area (Å²) in [7, 11) is 0. The molecule has 2 atom stereocenters. The predicted octanol–water partition coefficient (Wildman–Crippen LogP) is 14.8. The first kappa shape index (κ1) is 51.6. The highest BCUT2D eigenvalue weighted by atomic mass is 16.5. The molecule has 314 valence electrons. The lowest BCUT2D eigenvalue weighted by Crippen LogP contribution is -2.46. The maximum atomic E-state index is 12.9. The van der Waals surface area contributed by atoms with Crippen LogP contribution in [0.1, 0.15) is 265 Å². The van der Waals surface area contributed by atoms with Gasteiger partial charge in [0, 0.05) is 12.8 Å². The number of esters is 1. The van der Waals surface area contributed by atoms with Crippen molar-refractivity contribution in [2.45, 2.75) is 277 Å². The first-order valence-corrected chi connectivity index (χ1v) is 23.8. The van der Waals surface area contributed by atoms with Crippen molar-refractivity contribution in [1.29, 1.82) is 0 Å². The van der Waals surface area contributed by atoms with E-state index in [1.807, 2.05) is 6.08 Å². The van der Waals surface area contributed by atoms with Gasteiger partial charge in [-0.2, -0.15) is 0 Å². The Morgan fingerprint density at radius 3 is 1.17 bits per heavy atom. The van der Waals surface area contributed by atoms with Gasteiger partial charge in [0.15, 0.2) is 0 Å². The van der Waals surface area contributed by atoms with Crippen molar-refractivity contribution in [3.05, 3.63) is 12.2 Å². The Morgan fingerprint density at radius 2 is 0.792 bits per heavy atom. The van der Waals surface area contributed by atoms with Crippen molar-refractivity contribution in [3.63, 3.8) is 0 Å². The molecule has 0 aromatic rings. The molecule has 0 radical (unpaired) electrons. The summed E-state index contributed by atoms with van der Waals surface area (Å²) in [6.07, 6.45) is 49.5. The molecular formula is C48H93NO4. The molecule has 0 saturated heterocycles. The Labute approximate surface area is 331 Å². The maximum absolute atomic E-state index is 12.9. The zero-order valence-electron chi connectivity index (χ0n) is 36.1. The van der Waals surface area contributed by atoms with Gasteiger partial charge in [0.05, 0.1) is 12.1 Å². The molecule has 0 aliphatic heterocycles. The Bertz CT molecular complexity index is 784. The lowest BCUT2D eigenvalue weighted by Gasteiger charge is -2.22. The van der Waals surface area contributed by atoms with Crippen LogP contribution in [0.3, 0.4) is 0 Å². The number of ether oxygens (including phenoxy) is 1. The molecule has 0 saturated carbocycles. The summed E-state index contributed by atoms with van der Waals surface area (Å²) in [5.74, 6) is -0.286. The van der Waals surface area contributed by atoms with E-state index in [1.165, 1.54) is 193 Å². The fraction of sp³-hybridized carbons (Fsp3) is 0.917. The summed E-state index contributed by atoms with van der Waals surface area (Å²) in [5, 5.41) is 14.0. The fourth-order valence-corrected chi connectivity index (χ4v) is 7.29. The number of aliphatic hydroxyl groups is 1. The smallest absolute Gasteiger partial charge is 0.305 e. The number of carbonyl (C=O) groups excluding carboxylic acids is 2. The average Bonchev–Trinajstić information content (AvgIpc) is 3.15. The van der Waals surface area contributed by atoms with Gasteiger partial charge in [0.25, 0.3) is 0 Å². The number of carbonyl (C=O) groups is 2. The van der Waals surface area contributed by atoms with E-state index < -0.39 is 12.1 Å². The van der Waals surface area contributed by atoms with Crippen LogP contribution in [0.25, 0.3) is 0 Å². The van der Waals surface area contributed by atoms with Gasteiger partial charge in [0.2, 0.25) is 5.91 Å². The number of nitrogens with one attached hydrogen (secondary N) is 1. The first-order chi connectivity index (χ1) is 26.0. The summed E-state index contributed by atoms with van der Waals surface area (Å²) in [5.41, 5.74) is 0. The molecule has 0 bridgehead atoms. The molecule has 0 rings (SSSR count). The molecule has 0 spiro atoms. The van der Waals surface area contributed by atoms with E-state index in [1.54, 1.807) is 6.08 Å². The number of hydrogen-bond donors (Lipinski definition) is 2. The molecule has 5 heteroatoms. The van der Waals surface area contributed by atoms with Gasteiger partial charge in [-0.15, -0.1) is 0 Å². The van der Waals surface area contributed by atoms with E-state index in [0.717, 1.165) is 38.5 Å². The Balaban J connectivity index is 4.40. The molecule has 53 heavy (non-hydrogen) atoms. The van der Waals surface area contributed by atoms with Crippen LogP contribution >= 0.6 is 0 Å². The molecule has 0 fully saturated rings. The van der Waals surface area contributed by atoms with Gasteiger partial charge in [-0.25, -0.2) is 0 Å². The van der Waals surface area contributed by atoms with Crippen LogP contribution in [0.5, 0.6) is 0 Å². The second kappa shape index (κ2) is 43.4. The predicted molar refractivity (Wildman–Crippen MR) is 231 cm³/mol. The Morgan fingerprint density at radius 1 is 0.472 bits per heavy atom. The molecule has 0 aromatic heterocycles. The number of aliphatic hydroxyl groups excluding tert-OH is 1. The van der Waals surface area contributed by atoms with Crippen molar-refractivity contribution >= 4 is 11.9 Å². The number of hydrogen-bond acceptors (Lipinski definition) is 4. The fourth-order valence-electron chi connectivity index (χ4n) is 7.29. The molecule has 5 nitrogen and oxygen atoms in total. The minimum atomic E-state index is -0.868. The summed E-state index contributed by atoms with van der Waals surface area (Å²) in [6, 6.07) is -0.612. The highest BCUT2D eigenvalue weighted by molar-refractivity contribution is 5.76. The molecule has 0 unspecified atom stereocenters. The highest BCUT2D eigenvalue weighted by Gasteiger charge is 2.21. The second-order valence-corrected chi connectivity index (χ2v) is 16.4. The van der Waals surface area contributed by atoms with Gasteiger partial charge >= 0.3 is 5.97 Å². The minimum Gasteiger partial charge on any atom is -0.463 e. The van der Waals surface area contributed by atoms with Gasteiger partial charge in [0.1, 0.15) is 6.61 Å². The van der Waals surface area contributed by atoms with Crippen LogP contribution in [0.4, 0.5) is 0 Å². The summed E-state index contributed by atoms with van der Waals surface area (Å²) >= 11 is 0. The van der Waals surface area contributed by atoms with Crippen LogP contribution in [0.15, 0.2) is 12.2 Å². The molecule has 0 aliphatic rings. The monoisotopic (exact) mass is 748 g/mol. The minimum absolute atomic E-state index is 0.0190. The molecular weight excluding hydrogens is 655 g/mol. The Hall–Kier alpha value is -1.36. The van der Waals surface area contributed by atoms with E-state index in [9.17, 15) is 14.7 Å². The topological polar surface area (TPSA) is 75.6 Å². The van der Waals surface area contributed by atoms with E-state index >= 15 is 0 Å². The number of unbranched alkanes of at least 4 members (excludes halogenated alkanes) is 33. The molecule has 0 heterocycles. The van der Waals surface area contributed by atoms with E-state index in [0.29, 0.717) is 12.8 Å². The van der Waals surface area contributed by atoms with Crippen LogP contribution in [0.2, 0.25) is 0 Å². The third kappa shape index (κ3) is 40.1. The van der Waals surface area contributed by atoms with Crippen molar-refractivity contribution in [3.8, 4) is 0 Å². The normalized spacial score (nSPS) is 12.8. The van der Waals surface area contributed by atoms with E-state index in [2.05, 4.69) is 26.1 Å². The van der Waals surface area contributed by atoms with E-state index in [-0.39, 0.29) is 18.5 Å². The summed E-state index contributed by atoms with van der Waals surface area (Å²) < 4.78 is 5.61. The standard InChI is InChI=1S/C48H93NO4/c1-4-7-10-13-16-19-22-24-27-29-32-35-38-41-46(50)45(44-53-48(52)43-40-37-34-31-26-21-18-15-12-9-6-3)49-47(51)42-39-36-33-30-28-25-23-20-17-14-11-8-5-2/h38,41,45-46,50H,4-37,39-40,42-44H2,1-3H3,(H,49,51)/b41-38+/t45-,46+/m0/s1. The quantitative estimate of drug-likeness (QED) is 0.0370. The van der Waals surface area contributed by atoms with Crippen LogP contribution in [-0.4, -0.2) is 35.7 Å². The van der Waals surface area contributed by atoms with Crippen molar-refractivity contribution in [2.24, 2.45) is 0 Å². The van der Waals surface area contributed by atoms with E-state index in [4.69, 9.17) is 4.74 Å². The zero-order chi connectivity index (χ0) is 38.7. The largest absolute Gasteiger partial charge is 0.463 e. The van der Waals surface area contributed by atoms with Crippen molar-refractivity contribution in [2.75, 3.05) is 6.61 Å². The molecule has 1 amide bonds.